The molecule has 1 aliphatic rings. The van der Waals surface area contributed by atoms with Crippen LogP contribution in [-0.4, -0.2) is 5.38 Å². The van der Waals surface area contributed by atoms with Gasteiger partial charge in [-0.3, -0.25) is 0 Å². The highest BCUT2D eigenvalue weighted by Crippen LogP contribution is 2.35. The second kappa shape index (κ2) is 3.62. The van der Waals surface area contributed by atoms with Crippen LogP contribution in [-0.2, 0) is 0 Å². The number of hydrogen-bond acceptors (Lipinski definition) is 0. The predicted molar refractivity (Wildman–Crippen MR) is 51.0 cm³/mol. The van der Waals surface area contributed by atoms with E-state index in [-0.39, 0.29) is 0 Å². The third-order valence-corrected chi connectivity index (χ3v) is 2.98. The number of allylic oxidation sites excluding steroid dienone is 1. The first-order valence-corrected chi connectivity index (χ1v) is 4.86. The minimum absolute atomic E-state index is 0.359. The highest BCUT2D eigenvalue weighted by molar-refractivity contribution is 6.20. The fraction of sp³-hybridized carbons (Fsp3) is 0.800. The van der Waals surface area contributed by atoms with Gasteiger partial charge in [-0.15, -0.1) is 11.6 Å². The summed E-state index contributed by atoms with van der Waals surface area (Å²) in [6.07, 6.45) is 3.44. The van der Waals surface area contributed by atoms with Gasteiger partial charge in [-0.2, -0.15) is 0 Å². The summed E-state index contributed by atoms with van der Waals surface area (Å²) in [4.78, 5) is 0. The zero-order valence-electron chi connectivity index (χ0n) is 7.44. The summed E-state index contributed by atoms with van der Waals surface area (Å²) in [6, 6.07) is 0. The number of rotatable bonds is 1. The van der Waals surface area contributed by atoms with Crippen LogP contribution in [0.4, 0.5) is 0 Å². The Bertz CT molecular complexity index is 149. The summed E-state index contributed by atoms with van der Waals surface area (Å²) in [5.74, 6) is 1.47. The van der Waals surface area contributed by atoms with Crippen molar-refractivity contribution in [2.45, 2.75) is 38.5 Å². The van der Waals surface area contributed by atoms with Crippen molar-refractivity contribution in [2.75, 3.05) is 0 Å². The Balaban J connectivity index is 2.51. The Morgan fingerprint density at radius 2 is 2.09 bits per heavy atom. The zero-order chi connectivity index (χ0) is 8.43. The molecule has 0 amide bonds. The van der Waals surface area contributed by atoms with Crippen molar-refractivity contribution in [1.82, 2.24) is 0 Å². The second-order valence-electron chi connectivity index (χ2n) is 3.89. The van der Waals surface area contributed by atoms with Crippen LogP contribution >= 0.6 is 11.6 Å². The van der Waals surface area contributed by atoms with E-state index in [2.05, 4.69) is 20.4 Å². The summed E-state index contributed by atoms with van der Waals surface area (Å²) in [5.41, 5.74) is 1.37. The highest BCUT2D eigenvalue weighted by atomic mass is 35.5. The Morgan fingerprint density at radius 1 is 1.45 bits per heavy atom. The first-order valence-electron chi connectivity index (χ1n) is 4.43. The predicted octanol–water partition coefficient (Wildman–Crippen LogP) is 3.61. The average Bonchev–Trinajstić information content (AvgIpc) is 1.85. The Labute approximate surface area is 74.6 Å². The quantitative estimate of drug-likeness (QED) is 0.419. The molecule has 0 aromatic rings. The molecule has 64 valence electrons. The molecule has 0 radical (unpaired) electrons. The molecule has 0 saturated heterocycles. The van der Waals surface area contributed by atoms with Gasteiger partial charge in [-0.1, -0.05) is 26.0 Å². The Kier molecular flexibility index (Phi) is 3.00. The SMILES string of the molecule is C=C1CC(Cl)CCC1C(C)C. The number of hydrogen-bond donors (Lipinski definition) is 0. The van der Waals surface area contributed by atoms with Gasteiger partial charge in [-0.05, 0) is 31.1 Å². The Morgan fingerprint density at radius 3 is 2.55 bits per heavy atom. The second-order valence-corrected chi connectivity index (χ2v) is 4.50. The molecule has 2 atom stereocenters. The average molecular weight is 173 g/mol. The molecular weight excluding hydrogens is 156 g/mol. The van der Waals surface area contributed by atoms with Crippen LogP contribution in [0.15, 0.2) is 12.2 Å². The molecule has 1 heteroatoms. The van der Waals surface area contributed by atoms with Gasteiger partial charge in [0.2, 0.25) is 0 Å². The van der Waals surface area contributed by atoms with Gasteiger partial charge >= 0.3 is 0 Å². The van der Waals surface area contributed by atoms with Crippen LogP contribution in [0.1, 0.15) is 33.1 Å². The first kappa shape index (κ1) is 9.12. The van der Waals surface area contributed by atoms with Gasteiger partial charge in [0.15, 0.2) is 0 Å². The molecule has 11 heavy (non-hydrogen) atoms. The van der Waals surface area contributed by atoms with E-state index < -0.39 is 0 Å². The lowest BCUT2D eigenvalue weighted by Crippen LogP contribution is -2.20. The maximum atomic E-state index is 6.02. The first-order chi connectivity index (χ1) is 5.11. The molecule has 1 fully saturated rings. The molecule has 1 aliphatic carbocycles. The number of alkyl halides is 1. The number of halogens is 1. The minimum atomic E-state index is 0.359. The van der Waals surface area contributed by atoms with Crippen LogP contribution in [0.2, 0.25) is 0 Å². The van der Waals surface area contributed by atoms with Crippen molar-refractivity contribution in [2.24, 2.45) is 11.8 Å². The zero-order valence-corrected chi connectivity index (χ0v) is 8.19. The van der Waals surface area contributed by atoms with Gasteiger partial charge in [0.05, 0.1) is 0 Å². The van der Waals surface area contributed by atoms with Gasteiger partial charge in [0.1, 0.15) is 0 Å². The van der Waals surface area contributed by atoms with E-state index in [0.717, 1.165) is 18.3 Å². The van der Waals surface area contributed by atoms with E-state index in [1.807, 2.05) is 0 Å². The normalized spacial score (nSPS) is 32.9. The highest BCUT2D eigenvalue weighted by Gasteiger charge is 2.24. The van der Waals surface area contributed by atoms with Crippen LogP contribution in [0.5, 0.6) is 0 Å². The van der Waals surface area contributed by atoms with Crippen molar-refractivity contribution < 1.29 is 0 Å². The van der Waals surface area contributed by atoms with Crippen molar-refractivity contribution in [1.29, 1.82) is 0 Å². The molecule has 0 heterocycles. The largest absolute Gasteiger partial charge is 0.123 e. The lowest BCUT2D eigenvalue weighted by Gasteiger charge is -2.30. The summed E-state index contributed by atoms with van der Waals surface area (Å²) < 4.78 is 0. The summed E-state index contributed by atoms with van der Waals surface area (Å²) in [6.45, 7) is 8.62. The molecule has 0 spiro atoms. The van der Waals surface area contributed by atoms with Crippen LogP contribution in [0.3, 0.4) is 0 Å². The summed E-state index contributed by atoms with van der Waals surface area (Å²) in [7, 11) is 0. The molecule has 2 unspecified atom stereocenters. The van der Waals surface area contributed by atoms with E-state index in [1.165, 1.54) is 18.4 Å². The summed E-state index contributed by atoms with van der Waals surface area (Å²) >= 11 is 6.02. The molecule has 0 nitrogen and oxygen atoms in total. The fourth-order valence-corrected chi connectivity index (χ4v) is 2.23. The molecular formula is C10H17Cl. The van der Waals surface area contributed by atoms with Gasteiger partial charge in [0, 0.05) is 5.38 Å². The molecule has 1 saturated carbocycles. The van der Waals surface area contributed by atoms with Crippen LogP contribution in [0.25, 0.3) is 0 Å². The molecule has 0 aliphatic heterocycles. The monoisotopic (exact) mass is 172 g/mol. The standard InChI is InChI=1S/C10H17Cl/c1-7(2)10-5-4-9(11)6-8(10)3/h7,9-10H,3-6H2,1-2H3. The Hall–Kier alpha value is 0.0300. The fourth-order valence-electron chi connectivity index (χ4n) is 1.91. The van der Waals surface area contributed by atoms with Crippen molar-refractivity contribution in [3.05, 3.63) is 12.2 Å². The van der Waals surface area contributed by atoms with Crippen molar-refractivity contribution in [3.8, 4) is 0 Å². The van der Waals surface area contributed by atoms with E-state index in [1.54, 1.807) is 0 Å². The minimum Gasteiger partial charge on any atom is -0.123 e. The molecule has 0 aromatic heterocycles. The lowest BCUT2D eigenvalue weighted by molar-refractivity contribution is 0.361. The van der Waals surface area contributed by atoms with Gasteiger partial charge in [-0.25, -0.2) is 0 Å². The maximum Gasteiger partial charge on any atom is 0.0373 e. The van der Waals surface area contributed by atoms with Gasteiger partial charge < -0.3 is 0 Å². The smallest absolute Gasteiger partial charge is 0.0373 e. The van der Waals surface area contributed by atoms with Gasteiger partial charge in [0.25, 0.3) is 0 Å². The molecule has 1 rings (SSSR count). The molecule has 0 bridgehead atoms. The molecule has 0 N–H and O–H groups in total. The van der Waals surface area contributed by atoms with E-state index in [0.29, 0.717) is 5.38 Å². The van der Waals surface area contributed by atoms with E-state index in [4.69, 9.17) is 11.6 Å². The maximum absolute atomic E-state index is 6.02. The molecule has 0 aromatic carbocycles. The van der Waals surface area contributed by atoms with Crippen LogP contribution in [0, 0.1) is 11.8 Å². The van der Waals surface area contributed by atoms with Crippen LogP contribution < -0.4 is 0 Å². The third-order valence-electron chi connectivity index (χ3n) is 2.60. The van der Waals surface area contributed by atoms with Crippen molar-refractivity contribution in [3.63, 3.8) is 0 Å². The third kappa shape index (κ3) is 2.23. The summed E-state index contributed by atoms with van der Waals surface area (Å²) in [5, 5.41) is 0.359. The topological polar surface area (TPSA) is 0 Å². The van der Waals surface area contributed by atoms with E-state index in [9.17, 15) is 0 Å². The van der Waals surface area contributed by atoms with Crippen molar-refractivity contribution >= 4 is 11.6 Å². The lowest BCUT2D eigenvalue weighted by atomic mass is 9.78. The van der Waals surface area contributed by atoms with E-state index >= 15 is 0 Å².